The molecule has 0 bridgehead atoms. The van der Waals surface area contributed by atoms with Gasteiger partial charge in [-0.15, -0.1) is 11.3 Å². The van der Waals surface area contributed by atoms with Crippen molar-refractivity contribution < 1.29 is 9.30 Å². The van der Waals surface area contributed by atoms with E-state index in [1.54, 1.807) is 23.9 Å². The lowest BCUT2D eigenvalue weighted by Gasteiger charge is -2.08. The van der Waals surface area contributed by atoms with Crippen LogP contribution in [0.3, 0.4) is 0 Å². The summed E-state index contributed by atoms with van der Waals surface area (Å²) in [6.45, 7) is 2.51. The summed E-state index contributed by atoms with van der Waals surface area (Å²) in [5.74, 6) is 0.513. The highest BCUT2D eigenvalue weighted by molar-refractivity contribution is 7.15. The quantitative estimate of drug-likeness (QED) is 0.694. The summed E-state index contributed by atoms with van der Waals surface area (Å²) < 4.78 is 9.42. The predicted octanol–water partition coefficient (Wildman–Crippen LogP) is 2.06. The van der Waals surface area contributed by atoms with Crippen molar-refractivity contribution in [2.45, 2.75) is 13.5 Å². The van der Waals surface area contributed by atoms with E-state index in [0.717, 1.165) is 16.1 Å². The fourth-order valence-corrected chi connectivity index (χ4v) is 3.29. The second kappa shape index (κ2) is 5.46. The van der Waals surface area contributed by atoms with E-state index in [9.17, 15) is 4.79 Å². The van der Waals surface area contributed by atoms with Crippen LogP contribution in [0.25, 0.3) is 5.65 Å². The van der Waals surface area contributed by atoms with Crippen LogP contribution in [0.4, 0.5) is 0 Å². The van der Waals surface area contributed by atoms with Crippen molar-refractivity contribution in [1.29, 1.82) is 0 Å². The molecule has 0 saturated carbocycles. The summed E-state index contributed by atoms with van der Waals surface area (Å²) in [4.78, 5) is 17.2. The van der Waals surface area contributed by atoms with Gasteiger partial charge in [0.05, 0.1) is 18.2 Å². The van der Waals surface area contributed by atoms with Gasteiger partial charge in [-0.2, -0.15) is 8.97 Å². The first kappa shape index (κ1) is 14.0. The minimum absolute atomic E-state index is 0.121. The van der Waals surface area contributed by atoms with Gasteiger partial charge in [-0.1, -0.05) is 11.6 Å². The van der Waals surface area contributed by atoms with Gasteiger partial charge in [-0.3, -0.25) is 0 Å². The molecular weight excluding hydrogens is 310 g/mol. The SMILES string of the molecule is COc1cc(=O)n2cccc(C)c2[n+]1Cc1cnc(Cl)s1. The van der Waals surface area contributed by atoms with Gasteiger partial charge < -0.3 is 4.74 Å². The maximum atomic E-state index is 12.2. The zero-order chi connectivity index (χ0) is 15.0. The zero-order valence-corrected chi connectivity index (χ0v) is 13.1. The Balaban J connectivity index is 2.28. The Morgan fingerprint density at radius 3 is 3.00 bits per heavy atom. The van der Waals surface area contributed by atoms with E-state index >= 15 is 0 Å². The lowest BCUT2D eigenvalue weighted by molar-refractivity contribution is -0.670. The van der Waals surface area contributed by atoms with Crippen molar-refractivity contribution in [3.63, 3.8) is 0 Å². The van der Waals surface area contributed by atoms with Crippen LogP contribution in [0.1, 0.15) is 10.4 Å². The van der Waals surface area contributed by atoms with Crippen LogP contribution in [0.5, 0.6) is 5.88 Å². The number of halogens is 1. The van der Waals surface area contributed by atoms with Crippen LogP contribution in [-0.4, -0.2) is 16.5 Å². The highest BCUT2D eigenvalue weighted by atomic mass is 35.5. The molecule has 0 saturated heterocycles. The van der Waals surface area contributed by atoms with E-state index in [0.29, 0.717) is 16.9 Å². The van der Waals surface area contributed by atoms with Gasteiger partial charge in [0, 0.05) is 11.8 Å². The van der Waals surface area contributed by atoms with Gasteiger partial charge >= 0.3 is 5.56 Å². The summed E-state index contributed by atoms with van der Waals surface area (Å²) in [6, 6.07) is 5.30. The molecule has 0 spiro atoms. The van der Waals surface area contributed by atoms with Gasteiger partial charge in [0.2, 0.25) is 0 Å². The minimum Gasteiger partial charge on any atom is -0.465 e. The fourth-order valence-electron chi connectivity index (χ4n) is 2.32. The first-order valence-corrected chi connectivity index (χ1v) is 7.48. The van der Waals surface area contributed by atoms with Crippen molar-refractivity contribution in [3.8, 4) is 5.88 Å². The van der Waals surface area contributed by atoms with Gasteiger partial charge in [0.1, 0.15) is 12.6 Å². The smallest absolute Gasteiger partial charge is 0.346 e. The molecule has 0 fully saturated rings. The Labute approximate surface area is 130 Å². The number of rotatable bonds is 3. The molecule has 0 aromatic carbocycles. The molecule has 0 amide bonds. The molecule has 0 aliphatic carbocycles. The maximum Gasteiger partial charge on any atom is 0.346 e. The molecule has 21 heavy (non-hydrogen) atoms. The number of pyridine rings is 1. The van der Waals surface area contributed by atoms with E-state index in [2.05, 4.69) is 4.98 Å². The summed E-state index contributed by atoms with van der Waals surface area (Å²) >= 11 is 7.30. The fraction of sp³-hybridized carbons (Fsp3) is 0.214. The first-order valence-electron chi connectivity index (χ1n) is 6.29. The Morgan fingerprint density at radius 2 is 2.33 bits per heavy atom. The second-order valence-corrected chi connectivity index (χ2v) is 6.27. The van der Waals surface area contributed by atoms with Crippen molar-refractivity contribution in [3.05, 3.63) is 55.9 Å². The van der Waals surface area contributed by atoms with Crippen LogP contribution >= 0.6 is 22.9 Å². The number of hydrogen-bond donors (Lipinski definition) is 0. The predicted molar refractivity (Wildman–Crippen MR) is 81.4 cm³/mol. The number of fused-ring (bicyclic) bond motifs is 1. The largest absolute Gasteiger partial charge is 0.465 e. The molecule has 3 aromatic heterocycles. The Morgan fingerprint density at radius 1 is 1.52 bits per heavy atom. The van der Waals surface area contributed by atoms with E-state index in [1.165, 1.54) is 17.4 Å². The number of hydrogen-bond acceptors (Lipinski definition) is 4. The van der Waals surface area contributed by atoms with Crippen LogP contribution in [0.2, 0.25) is 4.47 Å². The van der Waals surface area contributed by atoms with Gasteiger partial charge in [-0.05, 0) is 19.1 Å². The number of aryl methyl sites for hydroxylation is 1. The summed E-state index contributed by atoms with van der Waals surface area (Å²) in [5, 5.41) is 0. The number of methoxy groups -OCH3 is 1. The molecule has 3 aromatic rings. The van der Waals surface area contributed by atoms with E-state index in [4.69, 9.17) is 16.3 Å². The molecule has 5 nitrogen and oxygen atoms in total. The third-order valence-electron chi connectivity index (χ3n) is 3.22. The normalized spacial score (nSPS) is 11.0. The van der Waals surface area contributed by atoms with Crippen molar-refractivity contribution >= 4 is 28.6 Å². The maximum absolute atomic E-state index is 12.2. The minimum atomic E-state index is -0.121. The summed E-state index contributed by atoms with van der Waals surface area (Å²) in [6.07, 6.45) is 3.49. The van der Waals surface area contributed by atoms with Crippen molar-refractivity contribution in [1.82, 2.24) is 9.38 Å². The van der Waals surface area contributed by atoms with E-state index in [-0.39, 0.29) is 5.56 Å². The van der Waals surface area contributed by atoms with Gasteiger partial charge in [0.25, 0.3) is 11.5 Å². The Hall–Kier alpha value is -1.92. The molecule has 0 aliphatic heterocycles. The lowest BCUT2D eigenvalue weighted by atomic mass is 10.3. The third-order valence-corrected chi connectivity index (χ3v) is 4.32. The summed E-state index contributed by atoms with van der Waals surface area (Å²) in [7, 11) is 1.56. The van der Waals surface area contributed by atoms with Crippen LogP contribution in [-0.2, 0) is 6.54 Å². The molecule has 0 aliphatic rings. The molecule has 3 rings (SSSR count). The molecule has 7 heteroatoms. The number of thiazole rings is 1. The van der Waals surface area contributed by atoms with Gasteiger partial charge in [0.15, 0.2) is 4.47 Å². The third kappa shape index (κ3) is 2.52. The average Bonchev–Trinajstić information content (AvgIpc) is 2.87. The first-order chi connectivity index (χ1) is 10.1. The standard InChI is InChI=1S/C14H13ClN3O2S/c1-9-4-3-5-17-11(19)6-12(20-2)18(13(9)17)8-10-7-16-14(15)21-10/h3-7H,8H2,1-2H3/q+1. The molecule has 0 atom stereocenters. The van der Waals surface area contributed by atoms with Crippen molar-refractivity contribution in [2.24, 2.45) is 0 Å². The van der Waals surface area contributed by atoms with E-state index in [1.807, 2.05) is 23.6 Å². The summed E-state index contributed by atoms with van der Waals surface area (Å²) in [5.41, 5.74) is 1.67. The highest BCUT2D eigenvalue weighted by Crippen LogP contribution is 2.18. The molecule has 3 heterocycles. The number of ether oxygens (including phenoxy) is 1. The van der Waals surface area contributed by atoms with Gasteiger partial charge in [-0.25, -0.2) is 9.78 Å². The van der Waals surface area contributed by atoms with Crippen LogP contribution in [0.15, 0.2) is 35.4 Å². The molecular formula is C14H13ClN3O2S+. The van der Waals surface area contributed by atoms with Crippen molar-refractivity contribution in [2.75, 3.05) is 7.11 Å². The average molecular weight is 323 g/mol. The monoisotopic (exact) mass is 322 g/mol. The van der Waals surface area contributed by atoms with Crippen LogP contribution in [0, 0.1) is 6.92 Å². The topological polar surface area (TPSA) is 47.5 Å². The molecule has 108 valence electrons. The molecule has 0 N–H and O–H groups in total. The molecule has 0 unspecified atom stereocenters. The molecule has 0 radical (unpaired) electrons. The Bertz CT molecular complexity index is 872. The lowest BCUT2D eigenvalue weighted by Crippen LogP contribution is -2.41. The van der Waals surface area contributed by atoms with E-state index < -0.39 is 0 Å². The van der Waals surface area contributed by atoms with Crippen LogP contribution < -0.4 is 14.9 Å². The highest BCUT2D eigenvalue weighted by Gasteiger charge is 2.20. The number of nitrogens with zero attached hydrogens (tertiary/aromatic N) is 3. The Kier molecular flexibility index (Phi) is 3.65. The second-order valence-electron chi connectivity index (χ2n) is 4.58. The zero-order valence-electron chi connectivity index (χ0n) is 11.5. The number of aromatic nitrogens is 3.